The number of aromatic nitrogens is 2. The summed E-state index contributed by atoms with van der Waals surface area (Å²) in [6.07, 6.45) is 4.10. The highest BCUT2D eigenvalue weighted by Crippen LogP contribution is 2.25. The second-order valence-electron chi connectivity index (χ2n) is 5.42. The van der Waals surface area contributed by atoms with Gasteiger partial charge in [0, 0.05) is 24.3 Å². The second-order valence-corrected chi connectivity index (χ2v) is 5.68. The van der Waals surface area contributed by atoms with Crippen LogP contribution in [0.25, 0.3) is 0 Å². The van der Waals surface area contributed by atoms with E-state index in [1.165, 1.54) is 0 Å². The lowest BCUT2D eigenvalue weighted by Crippen LogP contribution is -2.38. The normalized spacial score (nSPS) is 11.4. The van der Waals surface area contributed by atoms with E-state index in [1.807, 2.05) is 13.1 Å². The molecule has 0 saturated heterocycles. The molecular formula is C15H26ClN3. The van der Waals surface area contributed by atoms with Gasteiger partial charge in [-0.05, 0) is 25.7 Å². The van der Waals surface area contributed by atoms with Crippen molar-refractivity contribution < 1.29 is 0 Å². The Hall–Kier alpha value is -0.830. The number of alkyl halides is 1. The average molecular weight is 284 g/mol. The van der Waals surface area contributed by atoms with Gasteiger partial charge in [-0.1, -0.05) is 27.7 Å². The van der Waals surface area contributed by atoms with E-state index in [0.717, 1.165) is 36.6 Å². The SMILES string of the molecule is CCC(CC)N(CC(C)C)c1nc(C)ncc1CCl. The summed E-state index contributed by atoms with van der Waals surface area (Å²) in [5, 5.41) is 0. The Bertz CT molecular complexity index is 389. The van der Waals surface area contributed by atoms with Gasteiger partial charge in [-0.3, -0.25) is 0 Å². The molecule has 3 nitrogen and oxygen atoms in total. The molecule has 0 aliphatic heterocycles. The predicted molar refractivity (Wildman–Crippen MR) is 82.9 cm³/mol. The number of nitrogens with zero attached hydrogens (tertiary/aromatic N) is 3. The molecule has 0 radical (unpaired) electrons. The molecule has 0 unspecified atom stereocenters. The van der Waals surface area contributed by atoms with Crippen molar-refractivity contribution in [2.24, 2.45) is 5.92 Å². The molecule has 0 aliphatic rings. The molecule has 1 aromatic heterocycles. The van der Waals surface area contributed by atoms with Crippen LogP contribution in [0.2, 0.25) is 0 Å². The quantitative estimate of drug-likeness (QED) is 0.703. The number of aryl methyl sites for hydroxylation is 1. The maximum absolute atomic E-state index is 6.05. The fourth-order valence-electron chi connectivity index (χ4n) is 2.36. The van der Waals surface area contributed by atoms with Gasteiger partial charge in [0.1, 0.15) is 11.6 Å². The molecule has 0 spiro atoms. The maximum Gasteiger partial charge on any atom is 0.136 e. The van der Waals surface area contributed by atoms with Crippen molar-refractivity contribution >= 4 is 17.4 Å². The molecular weight excluding hydrogens is 258 g/mol. The zero-order valence-electron chi connectivity index (χ0n) is 12.8. The molecule has 0 aliphatic carbocycles. The molecule has 0 N–H and O–H groups in total. The van der Waals surface area contributed by atoms with Gasteiger partial charge < -0.3 is 4.90 Å². The van der Waals surface area contributed by atoms with Crippen molar-refractivity contribution in [2.45, 2.75) is 59.4 Å². The number of rotatable bonds is 7. The summed E-state index contributed by atoms with van der Waals surface area (Å²) in [6.45, 7) is 11.9. The van der Waals surface area contributed by atoms with Gasteiger partial charge in [0.25, 0.3) is 0 Å². The van der Waals surface area contributed by atoms with Crippen LogP contribution in [0, 0.1) is 12.8 Å². The van der Waals surface area contributed by atoms with Gasteiger partial charge in [0.05, 0.1) is 5.88 Å². The van der Waals surface area contributed by atoms with E-state index in [4.69, 9.17) is 11.6 Å². The molecule has 0 bridgehead atoms. The second kappa shape index (κ2) is 7.68. The van der Waals surface area contributed by atoms with E-state index in [9.17, 15) is 0 Å². The summed E-state index contributed by atoms with van der Waals surface area (Å²) in [7, 11) is 0. The fourth-order valence-corrected chi connectivity index (χ4v) is 2.55. The standard InChI is InChI=1S/C15H26ClN3/c1-6-14(7-2)19(10-11(3)4)15-13(8-16)9-17-12(5)18-15/h9,11,14H,6-8,10H2,1-5H3. The van der Waals surface area contributed by atoms with Gasteiger partial charge in [-0.25, -0.2) is 9.97 Å². The van der Waals surface area contributed by atoms with Crippen molar-refractivity contribution in [2.75, 3.05) is 11.4 Å². The lowest BCUT2D eigenvalue weighted by Gasteiger charge is -2.34. The Kier molecular flexibility index (Phi) is 6.56. The van der Waals surface area contributed by atoms with Crippen molar-refractivity contribution in [3.05, 3.63) is 17.6 Å². The first kappa shape index (κ1) is 16.2. The number of hydrogen-bond donors (Lipinski definition) is 0. The van der Waals surface area contributed by atoms with Crippen molar-refractivity contribution in [1.29, 1.82) is 0 Å². The monoisotopic (exact) mass is 283 g/mol. The highest BCUT2D eigenvalue weighted by Gasteiger charge is 2.21. The van der Waals surface area contributed by atoms with Crippen LogP contribution in [0.5, 0.6) is 0 Å². The van der Waals surface area contributed by atoms with E-state index in [1.54, 1.807) is 0 Å². The van der Waals surface area contributed by atoms with Gasteiger partial charge in [-0.2, -0.15) is 0 Å². The smallest absolute Gasteiger partial charge is 0.136 e. The molecule has 1 rings (SSSR count). The molecule has 4 heteroatoms. The molecule has 0 atom stereocenters. The maximum atomic E-state index is 6.05. The average Bonchev–Trinajstić information content (AvgIpc) is 2.38. The van der Waals surface area contributed by atoms with Crippen molar-refractivity contribution in [3.63, 3.8) is 0 Å². The summed E-state index contributed by atoms with van der Waals surface area (Å²) >= 11 is 6.05. The van der Waals surface area contributed by atoms with Crippen LogP contribution in [0.1, 0.15) is 51.9 Å². The minimum atomic E-state index is 0.463. The molecule has 1 aromatic rings. The molecule has 1 heterocycles. The molecule has 0 fully saturated rings. The topological polar surface area (TPSA) is 29.0 Å². The first-order valence-corrected chi connectivity index (χ1v) is 7.71. The minimum Gasteiger partial charge on any atom is -0.353 e. The Balaban J connectivity index is 3.18. The highest BCUT2D eigenvalue weighted by atomic mass is 35.5. The fraction of sp³-hybridized carbons (Fsp3) is 0.733. The summed E-state index contributed by atoms with van der Waals surface area (Å²) in [5.74, 6) is 2.89. The first-order valence-electron chi connectivity index (χ1n) is 7.18. The van der Waals surface area contributed by atoms with Crippen molar-refractivity contribution in [1.82, 2.24) is 9.97 Å². The zero-order chi connectivity index (χ0) is 14.4. The molecule has 0 saturated carbocycles. The Morgan fingerprint density at radius 3 is 2.37 bits per heavy atom. The minimum absolute atomic E-state index is 0.463. The van der Waals surface area contributed by atoms with Crippen LogP contribution in [-0.2, 0) is 5.88 Å². The number of hydrogen-bond acceptors (Lipinski definition) is 3. The molecule has 108 valence electrons. The van der Waals surface area contributed by atoms with Crippen molar-refractivity contribution in [3.8, 4) is 0 Å². The Morgan fingerprint density at radius 2 is 1.89 bits per heavy atom. The highest BCUT2D eigenvalue weighted by molar-refractivity contribution is 6.17. The van der Waals surface area contributed by atoms with E-state index in [0.29, 0.717) is 17.8 Å². The van der Waals surface area contributed by atoms with E-state index >= 15 is 0 Å². The lowest BCUT2D eigenvalue weighted by molar-refractivity contribution is 0.501. The van der Waals surface area contributed by atoms with E-state index in [2.05, 4.69) is 42.6 Å². The number of anilines is 1. The van der Waals surface area contributed by atoms with Crippen LogP contribution >= 0.6 is 11.6 Å². The zero-order valence-corrected chi connectivity index (χ0v) is 13.5. The van der Waals surface area contributed by atoms with Crippen LogP contribution in [0.15, 0.2) is 6.20 Å². The molecule has 19 heavy (non-hydrogen) atoms. The summed E-state index contributed by atoms with van der Waals surface area (Å²) in [5.41, 5.74) is 1.03. The largest absolute Gasteiger partial charge is 0.353 e. The Labute approximate surface area is 122 Å². The lowest BCUT2D eigenvalue weighted by atomic mass is 10.1. The predicted octanol–water partition coefficient (Wildman–Crippen LogP) is 4.17. The third-order valence-electron chi connectivity index (χ3n) is 3.32. The first-order chi connectivity index (χ1) is 9.03. The van der Waals surface area contributed by atoms with Gasteiger partial charge in [0.2, 0.25) is 0 Å². The number of halogens is 1. The van der Waals surface area contributed by atoms with Crippen LogP contribution in [0.4, 0.5) is 5.82 Å². The molecule has 0 aromatic carbocycles. The summed E-state index contributed by atoms with van der Waals surface area (Å²) in [6, 6.07) is 0.513. The summed E-state index contributed by atoms with van der Waals surface area (Å²) < 4.78 is 0. The van der Waals surface area contributed by atoms with Gasteiger partial charge in [-0.15, -0.1) is 11.6 Å². The Morgan fingerprint density at radius 1 is 1.26 bits per heavy atom. The van der Waals surface area contributed by atoms with Crippen LogP contribution in [-0.4, -0.2) is 22.6 Å². The third kappa shape index (κ3) is 4.34. The van der Waals surface area contributed by atoms with Gasteiger partial charge >= 0.3 is 0 Å². The van der Waals surface area contributed by atoms with Gasteiger partial charge in [0.15, 0.2) is 0 Å². The van der Waals surface area contributed by atoms with Crippen LogP contribution < -0.4 is 4.90 Å². The van der Waals surface area contributed by atoms with E-state index < -0.39 is 0 Å². The third-order valence-corrected chi connectivity index (χ3v) is 3.61. The molecule has 0 amide bonds. The summed E-state index contributed by atoms with van der Waals surface area (Å²) in [4.78, 5) is 11.3. The van der Waals surface area contributed by atoms with E-state index in [-0.39, 0.29) is 0 Å². The van der Waals surface area contributed by atoms with Crippen LogP contribution in [0.3, 0.4) is 0 Å².